The van der Waals surface area contributed by atoms with Gasteiger partial charge in [0.15, 0.2) is 0 Å². The van der Waals surface area contributed by atoms with Gasteiger partial charge >= 0.3 is 0 Å². The van der Waals surface area contributed by atoms with Crippen LogP contribution in [0.25, 0.3) is 0 Å². The van der Waals surface area contributed by atoms with E-state index in [1.54, 1.807) is 0 Å². The molecule has 1 aromatic rings. The Hall–Kier alpha value is -1.07. The number of hydrogen-bond acceptors (Lipinski definition) is 3. The number of aryl methyl sites for hydroxylation is 2. The number of carbonyl (C=O) groups excluding carboxylic acids is 1. The Kier molecular flexibility index (Phi) is 5.05. The van der Waals surface area contributed by atoms with Gasteiger partial charge in [0.1, 0.15) is 12.4 Å². The molecule has 0 saturated carbocycles. The molecule has 4 nitrogen and oxygen atoms in total. The first-order chi connectivity index (χ1) is 9.54. The quantitative estimate of drug-likeness (QED) is 0.854. The van der Waals surface area contributed by atoms with Crippen molar-refractivity contribution >= 4 is 22.3 Å². The van der Waals surface area contributed by atoms with Gasteiger partial charge in [-0.25, -0.2) is 0 Å². The Bertz CT molecular complexity index is 505. The molecule has 110 valence electrons. The van der Waals surface area contributed by atoms with Crippen LogP contribution in [0.4, 0.5) is 0 Å². The number of rotatable bonds is 4. The topological polar surface area (TPSA) is 41.6 Å². The van der Waals surface area contributed by atoms with Crippen molar-refractivity contribution in [3.05, 3.63) is 27.2 Å². The zero-order valence-corrected chi connectivity index (χ0v) is 13.8. The summed E-state index contributed by atoms with van der Waals surface area (Å²) in [4.78, 5) is 12.9. The number of amides is 1. The highest BCUT2D eigenvalue weighted by Gasteiger charge is 2.22. The molecule has 20 heavy (non-hydrogen) atoms. The molecule has 1 amide bonds. The van der Waals surface area contributed by atoms with Crippen LogP contribution in [0.2, 0.25) is 0 Å². The van der Waals surface area contributed by atoms with Gasteiger partial charge in [0.05, 0.1) is 6.04 Å². The van der Waals surface area contributed by atoms with Gasteiger partial charge in [0.25, 0.3) is 0 Å². The second-order valence-electron chi connectivity index (χ2n) is 5.29. The van der Waals surface area contributed by atoms with E-state index in [-0.39, 0.29) is 6.04 Å². The summed E-state index contributed by atoms with van der Waals surface area (Å²) in [6.45, 7) is 9.07. The Morgan fingerprint density at radius 1 is 1.45 bits per heavy atom. The molecule has 1 aliphatic rings. The Balaban J connectivity index is 2.11. The number of halogens is 1. The van der Waals surface area contributed by atoms with Crippen molar-refractivity contribution in [1.29, 1.82) is 0 Å². The summed E-state index contributed by atoms with van der Waals surface area (Å²) in [5.74, 6) is 0.916. The van der Waals surface area contributed by atoms with Crippen molar-refractivity contribution < 1.29 is 9.53 Å². The fraction of sp³-hybridized carbons (Fsp3) is 0.533. The number of carbonyl (C=O) groups is 1. The van der Waals surface area contributed by atoms with Crippen LogP contribution in [-0.2, 0) is 4.79 Å². The lowest BCUT2D eigenvalue weighted by molar-refractivity contribution is -0.121. The van der Waals surface area contributed by atoms with Crippen molar-refractivity contribution in [2.75, 3.05) is 26.2 Å². The van der Waals surface area contributed by atoms with E-state index in [4.69, 9.17) is 4.74 Å². The average Bonchev–Trinajstić information content (AvgIpc) is 2.45. The van der Waals surface area contributed by atoms with E-state index >= 15 is 0 Å². The lowest BCUT2D eigenvalue weighted by atomic mass is 10.1. The number of piperazine rings is 1. The number of ether oxygens (including phenoxy) is 1. The van der Waals surface area contributed by atoms with Gasteiger partial charge in [-0.3, -0.25) is 4.79 Å². The average molecular weight is 341 g/mol. The zero-order chi connectivity index (χ0) is 14.7. The van der Waals surface area contributed by atoms with E-state index in [9.17, 15) is 4.79 Å². The van der Waals surface area contributed by atoms with Crippen LogP contribution < -0.4 is 10.1 Å². The molecule has 0 radical (unpaired) electrons. The molecule has 1 unspecified atom stereocenters. The van der Waals surface area contributed by atoms with Crippen LogP contribution in [0.15, 0.2) is 10.5 Å². The van der Waals surface area contributed by atoms with Crippen molar-refractivity contribution in [2.45, 2.75) is 26.8 Å². The third kappa shape index (κ3) is 3.15. The van der Waals surface area contributed by atoms with E-state index in [0.29, 0.717) is 6.61 Å². The van der Waals surface area contributed by atoms with Crippen LogP contribution in [0, 0.1) is 20.8 Å². The van der Waals surface area contributed by atoms with Crippen molar-refractivity contribution in [1.82, 2.24) is 10.2 Å². The van der Waals surface area contributed by atoms with Crippen molar-refractivity contribution in [3.8, 4) is 5.75 Å². The second-order valence-corrected chi connectivity index (χ2v) is 6.08. The lowest BCUT2D eigenvalue weighted by Crippen LogP contribution is -2.53. The van der Waals surface area contributed by atoms with E-state index < -0.39 is 0 Å². The summed E-state index contributed by atoms with van der Waals surface area (Å²) in [7, 11) is 0. The van der Waals surface area contributed by atoms with Crippen LogP contribution in [-0.4, -0.2) is 43.6 Å². The molecule has 0 aromatic heterocycles. The second kappa shape index (κ2) is 6.59. The molecule has 1 fully saturated rings. The first-order valence-corrected chi connectivity index (χ1v) is 7.64. The molecular weight excluding hydrogens is 320 g/mol. The minimum Gasteiger partial charge on any atom is -0.491 e. The molecule has 1 N–H and O–H groups in total. The molecule has 1 heterocycles. The molecule has 2 rings (SSSR count). The zero-order valence-electron chi connectivity index (χ0n) is 12.2. The molecule has 1 saturated heterocycles. The van der Waals surface area contributed by atoms with Crippen LogP contribution in [0.1, 0.15) is 16.7 Å². The van der Waals surface area contributed by atoms with Crippen molar-refractivity contribution in [2.24, 2.45) is 0 Å². The summed E-state index contributed by atoms with van der Waals surface area (Å²) >= 11 is 3.60. The first-order valence-electron chi connectivity index (χ1n) is 6.85. The van der Waals surface area contributed by atoms with Gasteiger partial charge in [0.2, 0.25) is 6.41 Å². The predicted octanol–water partition coefficient (Wildman–Crippen LogP) is 2.18. The standard InChI is InChI=1S/C15H21BrN2O2/c1-10-6-11(2)15(12(3)14(10)16)20-8-13-7-17-4-5-18(13)9-19/h6,9,13,17H,4-5,7-8H2,1-3H3. The monoisotopic (exact) mass is 340 g/mol. The molecule has 0 spiro atoms. The van der Waals surface area contributed by atoms with Crippen molar-refractivity contribution in [3.63, 3.8) is 0 Å². The van der Waals surface area contributed by atoms with Gasteiger partial charge in [-0.15, -0.1) is 0 Å². The number of nitrogens with one attached hydrogen (secondary N) is 1. The molecule has 1 atom stereocenters. The van der Waals surface area contributed by atoms with E-state index in [1.807, 2.05) is 4.90 Å². The summed E-state index contributed by atoms with van der Waals surface area (Å²) < 4.78 is 7.09. The van der Waals surface area contributed by atoms with Gasteiger partial charge in [-0.1, -0.05) is 22.0 Å². The number of benzene rings is 1. The Labute approximate surface area is 128 Å². The highest BCUT2D eigenvalue weighted by atomic mass is 79.9. The largest absolute Gasteiger partial charge is 0.491 e. The van der Waals surface area contributed by atoms with Crippen LogP contribution >= 0.6 is 15.9 Å². The highest BCUT2D eigenvalue weighted by molar-refractivity contribution is 9.10. The summed E-state index contributed by atoms with van der Waals surface area (Å²) in [5.41, 5.74) is 3.45. The van der Waals surface area contributed by atoms with Gasteiger partial charge in [-0.05, 0) is 31.9 Å². The summed E-state index contributed by atoms with van der Waals surface area (Å²) in [6.07, 6.45) is 0.916. The van der Waals surface area contributed by atoms with Gasteiger partial charge in [-0.2, -0.15) is 0 Å². The van der Waals surface area contributed by atoms with Crippen LogP contribution in [0.5, 0.6) is 5.75 Å². The van der Waals surface area contributed by atoms with Crippen LogP contribution in [0.3, 0.4) is 0 Å². The first kappa shape index (κ1) is 15.3. The minimum atomic E-state index is 0.0973. The minimum absolute atomic E-state index is 0.0973. The predicted molar refractivity (Wildman–Crippen MR) is 83.3 cm³/mol. The molecule has 1 aromatic carbocycles. The normalized spacial score (nSPS) is 19.0. The molecule has 1 aliphatic heterocycles. The maximum absolute atomic E-state index is 11.0. The Morgan fingerprint density at radius 2 is 2.20 bits per heavy atom. The fourth-order valence-electron chi connectivity index (χ4n) is 2.62. The van der Waals surface area contributed by atoms with E-state index in [1.165, 1.54) is 5.56 Å². The summed E-state index contributed by atoms with van der Waals surface area (Å²) in [5, 5.41) is 3.30. The third-order valence-corrected chi connectivity index (χ3v) is 4.98. The maximum atomic E-state index is 11.0. The van der Waals surface area contributed by atoms with E-state index in [2.05, 4.69) is 48.1 Å². The molecular formula is C15H21BrN2O2. The third-order valence-electron chi connectivity index (χ3n) is 3.76. The number of nitrogens with zero attached hydrogens (tertiary/aromatic N) is 1. The summed E-state index contributed by atoms with van der Waals surface area (Å²) in [6, 6.07) is 2.21. The fourth-order valence-corrected chi connectivity index (χ4v) is 2.91. The van der Waals surface area contributed by atoms with E-state index in [0.717, 1.165) is 47.4 Å². The molecule has 0 aliphatic carbocycles. The maximum Gasteiger partial charge on any atom is 0.210 e. The molecule has 0 bridgehead atoms. The highest BCUT2D eigenvalue weighted by Crippen LogP contribution is 2.32. The van der Waals surface area contributed by atoms with Gasteiger partial charge in [0, 0.05) is 29.7 Å². The molecule has 5 heteroatoms. The number of hydrogen-bond donors (Lipinski definition) is 1. The van der Waals surface area contributed by atoms with Gasteiger partial charge < -0.3 is 15.0 Å². The Morgan fingerprint density at radius 3 is 2.90 bits per heavy atom. The lowest BCUT2D eigenvalue weighted by Gasteiger charge is -2.33. The smallest absolute Gasteiger partial charge is 0.210 e. The SMILES string of the molecule is Cc1cc(C)c(OCC2CNCCN2C=O)c(C)c1Br.